The lowest BCUT2D eigenvalue weighted by Crippen LogP contribution is -2.46. The van der Waals surface area contributed by atoms with Crippen molar-refractivity contribution in [2.75, 3.05) is 12.0 Å². The van der Waals surface area contributed by atoms with E-state index in [4.69, 9.17) is 26.5 Å². The highest BCUT2D eigenvalue weighted by molar-refractivity contribution is 7.80. The number of nitrogens with one attached hydrogen (secondary N) is 1. The molecule has 35 heavy (non-hydrogen) atoms. The van der Waals surface area contributed by atoms with Gasteiger partial charge in [-0.25, -0.2) is 4.39 Å². The molecule has 0 spiro atoms. The largest absolute Gasteiger partial charge is 0.497 e. The van der Waals surface area contributed by atoms with Gasteiger partial charge in [-0.2, -0.15) is 4.98 Å². The average molecular weight is 487 g/mol. The third kappa shape index (κ3) is 4.40. The van der Waals surface area contributed by atoms with Gasteiger partial charge in [-0.3, -0.25) is 4.90 Å². The number of benzene rings is 3. The van der Waals surface area contributed by atoms with Crippen molar-refractivity contribution in [2.45, 2.75) is 19.9 Å². The SMILES string of the molecule is COc1cccc(-c2noc(C3=C(C)N(c4ccc(C)cc4)C(=S)NC3c3ccc(F)cc3)n2)c1. The first-order valence-electron chi connectivity index (χ1n) is 11.1. The third-order valence-electron chi connectivity index (χ3n) is 5.96. The molecule has 0 radical (unpaired) electrons. The molecular formula is C27H23FN4O2S. The first-order valence-corrected chi connectivity index (χ1v) is 11.5. The van der Waals surface area contributed by atoms with Crippen molar-refractivity contribution in [3.05, 3.63) is 101 Å². The Hall–Kier alpha value is -4.04. The number of allylic oxidation sites excluding steroid dienone is 1. The summed E-state index contributed by atoms with van der Waals surface area (Å²) in [4.78, 5) is 6.66. The summed E-state index contributed by atoms with van der Waals surface area (Å²) in [5.41, 5.74) is 5.25. The Morgan fingerprint density at radius 1 is 1.03 bits per heavy atom. The van der Waals surface area contributed by atoms with Crippen molar-refractivity contribution >= 4 is 28.6 Å². The molecule has 0 aliphatic carbocycles. The zero-order chi connectivity index (χ0) is 24.5. The minimum absolute atomic E-state index is 0.311. The quantitative estimate of drug-likeness (QED) is 0.344. The number of hydrogen-bond acceptors (Lipinski definition) is 5. The van der Waals surface area contributed by atoms with Gasteiger partial charge in [0, 0.05) is 16.9 Å². The van der Waals surface area contributed by atoms with Gasteiger partial charge in [0.1, 0.15) is 11.6 Å². The van der Waals surface area contributed by atoms with Crippen LogP contribution in [0.5, 0.6) is 5.75 Å². The van der Waals surface area contributed by atoms with Crippen LogP contribution in [0, 0.1) is 12.7 Å². The summed E-state index contributed by atoms with van der Waals surface area (Å²) in [6, 6.07) is 21.5. The van der Waals surface area contributed by atoms with Gasteiger partial charge in [0.05, 0.1) is 18.7 Å². The molecule has 0 bridgehead atoms. The smallest absolute Gasteiger partial charge is 0.258 e. The second-order valence-electron chi connectivity index (χ2n) is 8.26. The van der Waals surface area contributed by atoms with Crippen LogP contribution >= 0.6 is 12.2 Å². The highest BCUT2D eigenvalue weighted by atomic mass is 32.1. The lowest BCUT2D eigenvalue weighted by molar-refractivity contribution is 0.403. The molecule has 1 aliphatic rings. The first kappa shape index (κ1) is 22.7. The number of rotatable bonds is 5. The Morgan fingerprint density at radius 3 is 2.49 bits per heavy atom. The molecule has 2 heterocycles. The molecule has 1 N–H and O–H groups in total. The first-order chi connectivity index (χ1) is 16.9. The molecule has 0 saturated heterocycles. The van der Waals surface area contributed by atoms with Crippen LogP contribution in [0.15, 0.2) is 83.0 Å². The van der Waals surface area contributed by atoms with E-state index in [0.717, 1.165) is 33.6 Å². The molecule has 1 aliphatic heterocycles. The van der Waals surface area contributed by atoms with Crippen LogP contribution in [0.1, 0.15) is 30.0 Å². The number of thiocarbonyl (C=S) groups is 1. The van der Waals surface area contributed by atoms with Crippen molar-refractivity contribution in [1.29, 1.82) is 0 Å². The highest BCUT2D eigenvalue weighted by Gasteiger charge is 2.34. The second-order valence-corrected chi connectivity index (χ2v) is 8.65. The van der Waals surface area contributed by atoms with E-state index >= 15 is 0 Å². The van der Waals surface area contributed by atoms with Crippen LogP contribution in [-0.4, -0.2) is 22.4 Å². The van der Waals surface area contributed by atoms with Crippen LogP contribution in [0.2, 0.25) is 0 Å². The van der Waals surface area contributed by atoms with Gasteiger partial charge in [-0.15, -0.1) is 0 Å². The Balaban J connectivity index is 1.64. The molecule has 8 heteroatoms. The number of methoxy groups -OCH3 is 1. The van der Waals surface area contributed by atoms with Crippen molar-refractivity contribution in [3.8, 4) is 17.1 Å². The summed E-state index contributed by atoms with van der Waals surface area (Å²) < 4.78 is 24.8. The van der Waals surface area contributed by atoms with E-state index in [9.17, 15) is 4.39 Å². The number of nitrogens with zero attached hydrogens (tertiary/aromatic N) is 3. The molecule has 1 atom stereocenters. The summed E-state index contributed by atoms with van der Waals surface area (Å²) in [7, 11) is 1.61. The molecule has 1 aromatic heterocycles. The van der Waals surface area contributed by atoms with Crippen molar-refractivity contribution in [2.24, 2.45) is 0 Å². The van der Waals surface area contributed by atoms with E-state index in [1.165, 1.54) is 12.1 Å². The molecule has 6 nitrogen and oxygen atoms in total. The van der Waals surface area contributed by atoms with E-state index in [1.807, 2.05) is 67.3 Å². The summed E-state index contributed by atoms with van der Waals surface area (Å²) >= 11 is 5.76. The van der Waals surface area contributed by atoms with E-state index in [0.29, 0.717) is 22.6 Å². The summed E-state index contributed by atoms with van der Waals surface area (Å²) in [5.74, 6) is 1.17. The Kier molecular flexibility index (Phi) is 6.05. The summed E-state index contributed by atoms with van der Waals surface area (Å²) in [5, 5.41) is 8.14. The zero-order valence-corrected chi connectivity index (χ0v) is 20.3. The number of aromatic nitrogens is 2. The molecule has 3 aromatic carbocycles. The molecular weight excluding hydrogens is 463 g/mol. The van der Waals surface area contributed by atoms with E-state index in [1.54, 1.807) is 19.2 Å². The maximum atomic E-state index is 13.7. The molecule has 0 amide bonds. The fraction of sp³-hybridized carbons (Fsp3) is 0.148. The Bertz CT molecular complexity index is 1410. The van der Waals surface area contributed by atoms with Gasteiger partial charge in [0.15, 0.2) is 5.11 Å². The Morgan fingerprint density at radius 2 is 1.77 bits per heavy atom. The van der Waals surface area contributed by atoms with Crippen LogP contribution < -0.4 is 15.0 Å². The van der Waals surface area contributed by atoms with Gasteiger partial charge in [0.2, 0.25) is 5.82 Å². The normalized spacial score (nSPS) is 15.8. The molecule has 4 aromatic rings. The molecule has 1 unspecified atom stereocenters. The maximum Gasteiger partial charge on any atom is 0.258 e. The van der Waals surface area contributed by atoms with E-state index in [2.05, 4.69) is 10.5 Å². The number of ether oxygens (including phenoxy) is 1. The zero-order valence-electron chi connectivity index (χ0n) is 19.4. The van der Waals surface area contributed by atoms with Gasteiger partial charge < -0.3 is 14.6 Å². The van der Waals surface area contributed by atoms with Crippen LogP contribution in [0.4, 0.5) is 10.1 Å². The topological polar surface area (TPSA) is 63.4 Å². The monoisotopic (exact) mass is 486 g/mol. The number of hydrogen-bond donors (Lipinski definition) is 1. The summed E-state index contributed by atoms with van der Waals surface area (Å²) in [6.07, 6.45) is 0. The number of halogens is 1. The lowest BCUT2D eigenvalue weighted by Gasteiger charge is -2.37. The van der Waals surface area contributed by atoms with Crippen LogP contribution in [0.3, 0.4) is 0 Å². The maximum absolute atomic E-state index is 13.7. The van der Waals surface area contributed by atoms with Gasteiger partial charge in [-0.1, -0.05) is 47.1 Å². The fourth-order valence-corrected chi connectivity index (χ4v) is 4.50. The fourth-order valence-electron chi connectivity index (χ4n) is 4.14. The Labute approximate surface area is 208 Å². The predicted octanol–water partition coefficient (Wildman–Crippen LogP) is 6.06. The van der Waals surface area contributed by atoms with Crippen LogP contribution in [0.25, 0.3) is 17.0 Å². The molecule has 5 rings (SSSR count). The average Bonchev–Trinajstić information content (AvgIpc) is 3.35. The minimum Gasteiger partial charge on any atom is -0.497 e. The lowest BCUT2D eigenvalue weighted by atomic mass is 9.94. The number of anilines is 1. The van der Waals surface area contributed by atoms with Crippen molar-refractivity contribution in [3.63, 3.8) is 0 Å². The van der Waals surface area contributed by atoms with Gasteiger partial charge in [-0.05, 0) is 68.0 Å². The van der Waals surface area contributed by atoms with Gasteiger partial charge in [0.25, 0.3) is 5.89 Å². The van der Waals surface area contributed by atoms with E-state index < -0.39 is 6.04 Å². The van der Waals surface area contributed by atoms with Crippen molar-refractivity contribution < 1.29 is 13.7 Å². The van der Waals surface area contributed by atoms with Crippen molar-refractivity contribution in [1.82, 2.24) is 15.5 Å². The second kappa shape index (κ2) is 9.31. The van der Waals surface area contributed by atoms with Gasteiger partial charge >= 0.3 is 0 Å². The molecule has 0 saturated carbocycles. The number of aryl methyl sites for hydroxylation is 1. The van der Waals surface area contributed by atoms with E-state index in [-0.39, 0.29) is 5.82 Å². The standard InChI is InChI=1S/C27H23FN4O2S/c1-16-7-13-21(14-8-16)32-17(2)23(24(29-27(32)35)18-9-11-20(28)12-10-18)26-30-25(31-34-26)19-5-4-6-22(15-19)33-3/h4-15,24H,1-3H3,(H,29,35). The van der Waals surface area contributed by atoms with Crippen LogP contribution in [-0.2, 0) is 0 Å². The predicted molar refractivity (Wildman–Crippen MR) is 137 cm³/mol. The minimum atomic E-state index is -0.400. The highest BCUT2D eigenvalue weighted by Crippen LogP contribution is 2.39. The third-order valence-corrected chi connectivity index (χ3v) is 6.27. The molecule has 0 fully saturated rings. The summed E-state index contributed by atoms with van der Waals surface area (Å²) in [6.45, 7) is 4.00. The molecule has 176 valence electrons.